The van der Waals surface area contributed by atoms with Crippen LogP contribution in [0.1, 0.15) is 5.69 Å². The Bertz CT molecular complexity index is 621. The molecule has 0 aliphatic carbocycles. The Hall–Kier alpha value is -1.89. The fourth-order valence-corrected chi connectivity index (χ4v) is 2.22. The number of nitrogens with zero attached hydrogens (tertiary/aromatic N) is 2. The first kappa shape index (κ1) is 14.5. The van der Waals surface area contributed by atoms with Crippen LogP contribution in [0.25, 0.3) is 0 Å². The van der Waals surface area contributed by atoms with Gasteiger partial charge in [0.05, 0.1) is 12.2 Å². The monoisotopic (exact) mass is 340 g/mol. The predicted octanol–water partition coefficient (Wildman–Crippen LogP) is 2.68. The number of carbonyl (C=O) groups excluding carboxylic acids is 1. The van der Waals surface area contributed by atoms with Crippen molar-refractivity contribution in [3.05, 3.63) is 40.2 Å². The highest BCUT2D eigenvalue weighted by Gasteiger charge is 2.07. The highest BCUT2D eigenvalue weighted by molar-refractivity contribution is 9.10. The van der Waals surface area contributed by atoms with Gasteiger partial charge in [-0.1, -0.05) is 15.9 Å². The second-order valence-corrected chi connectivity index (χ2v) is 5.27. The fourth-order valence-electron chi connectivity index (χ4n) is 1.75. The van der Waals surface area contributed by atoms with Crippen LogP contribution in [0, 0.1) is 12.7 Å². The van der Waals surface area contributed by atoms with Gasteiger partial charge in [0.2, 0.25) is 5.91 Å². The van der Waals surface area contributed by atoms with Gasteiger partial charge in [-0.05, 0) is 25.1 Å². The van der Waals surface area contributed by atoms with Crippen LogP contribution in [0.4, 0.5) is 15.9 Å². The minimum absolute atomic E-state index is 0.0418. The number of hydrogen-bond donors (Lipinski definition) is 2. The van der Waals surface area contributed by atoms with E-state index >= 15 is 0 Å². The highest BCUT2D eigenvalue weighted by Crippen LogP contribution is 2.18. The molecule has 1 amide bonds. The molecule has 7 heteroatoms. The van der Waals surface area contributed by atoms with E-state index in [-0.39, 0.29) is 18.3 Å². The average molecular weight is 341 g/mol. The van der Waals surface area contributed by atoms with Crippen LogP contribution < -0.4 is 10.6 Å². The zero-order valence-electron chi connectivity index (χ0n) is 11.1. The summed E-state index contributed by atoms with van der Waals surface area (Å²) >= 11 is 3.19. The smallest absolute Gasteiger partial charge is 0.244 e. The van der Waals surface area contributed by atoms with Gasteiger partial charge in [-0.15, -0.1) is 0 Å². The lowest BCUT2D eigenvalue weighted by molar-refractivity contribution is -0.114. The van der Waals surface area contributed by atoms with Crippen molar-refractivity contribution in [3.8, 4) is 0 Å². The summed E-state index contributed by atoms with van der Waals surface area (Å²) in [5.41, 5.74) is 1.36. The van der Waals surface area contributed by atoms with E-state index in [1.54, 1.807) is 23.9 Å². The molecule has 1 aromatic carbocycles. The van der Waals surface area contributed by atoms with Crippen molar-refractivity contribution in [2.75, 3.05) is 17.2 Å². The molecule has 0 aliphatic rings. The van der Waals surface area contributed by atoms with Crippen molar-refractivity contribution in [1.29, 1.82) is 0 Å². The average Bonchev–Trinajstić information content (AvgIpc) is 2.64. The first-order chi connectivity index (χ1) is 9.44. The number of aryl methyl sites for hydroxylation is 2. The fraction of sp³-hybridized carbons (Fsp3) is 0.231. The van der Waals surface area contributed by atoms with Gasteiger partial charge in [0.15, 0.2) is 0 Å². The molecule has 0 bridgehead atoms. The van der Waals surface area contributed by atoms with Crippen molar-refractivity contribution >= 4 is 33.3 Å². The molecule has 5 nitrogen and oxygen atoms in total. The number of carbonyl (C=O) groups is 1. The Balaban J connectivity index is 1.93. The zero-order chi connectivity index (χ0) is 14.7. The molecule has 1 heterocycles. The molecule has 0 atom stereocenters. The van der Waals surface area contributed by atoms with E-state index in [0.29, 0.717) is 16.0 Å². The van der Waals surface area contributed by atoms with Gasteiger partial charge in [0.25, 0.3) is 0 Å². The van der Waals surface area contributed by atoms with E-state index in [0.717, 1.165) is 5.69 Å². The molecule has 0 fully saturated rings. The normalized spacial score (nSPS) is 10.4. The molecule has 0 unspecified atom stereocenters. The van der Waals surface area contributed by atoms with Crippen LogP contribution >= 0.6 is 15.9 Å². The zero-order valence-corrected chi connectivity index (χ0v) is 12.7. The van der Waals surface area contributed by atoms with E-state index < -0.39 is 0 Å². The van der Waals surface area contributed by atoms with Gasteiger partial charge in [-0.3, -0.25) is 9.48 Å². The van der Waals surface area contributed by atoms with Gasteiger partial charge < -0.3 is 10.6 Å². The lowest BCUT2D eigenvalue weighted by atomic mass is 10.3. The number of halogens is 2. The number of nitrogens with one attached hydrogen (secondary N) is 2. The van der Waals surface area contributed by atoms with Crippen molar-refractivity contribution in [2.24, 2.45) is 7.05 Å². The highest BCUT2D eigenvalue weighted by atomic mass is 79.9. The minimum atomic E-state index is -0.371. The van der Waals surface area contributed by atoms with Crippen LogP contribution in [-0.2, 0) is 11.8 Å². The molecule has 2 rings (SSSR count). The van der Waals surface area contributed by atoms with Crippen LogP contribution in [0.2, 0.25) is 0 Å². The van der Waals surface area contributed by atoms with Gasteiger partial charge >= 0.3 is 0 Å². The Kier molecular flexibility index (Phi) is 4.39. The molecule has 0 saturated carbocycles. The largest absolute Gasteiger partial charge is 0.376 e. The van der Waals surface area contributed by atoms with E-state index in [1.807, 2.05) is 6.92 Å². The molecule has 0 saturated heterocycles. The maximum atomic E-state index is 13.2. The van der Waals surface area contributed by atoms with Crippen LogP contribution in [-0.4, -0.2) is 22.2 Å². The molecule has 2 N–H and O–H groups in total. The maximum Gasteiger partial charge on any atom is 0.244 e. The lowest BCUT2D eigenvalue weighted by Crippen LogP contribution is -2.23. The first-order valence-corrected chi connectivity index (χ1v) is 6.74. The Labute approximate surface area is 124 Å². The topological polar surface area (TPSA) is 59.0 Å². The quantitative estimate of drug-likeness (QED) is 0.899. The number of hydrogen-bond acceptors (Lipinski definition) is 3. The lowest BCUT2D eigenvalue weighted by Gasteiger charge is -2.08. The van der Waals surface area contributed by atoms with Gasteiger partial charge in [0, 0.05) is 23.3 Å². The second-order valence-electron chi connectivity index (χ2n) is 4.35. The van der Waals surface area contributed by atoms with Crippen molar-refractivity contribution < 1.29 is 9.18 Å². The van der Waals surface area contributed by atoms with Crippen molar-refractivity contribution in [3.63, 3.8) is 0 Å². The third kappa shape index (κ3) is 3.80. The molecule has 0 radical (unpaired) electrons. The summed E-state index contributed by atoms with van der Waals surface area (Å²) in [4.78, 5) is 11.8. The maximum absolute atomic E-state index is 13.2. The molecule has 1 aromatic heterocycles. The van der Waals surface area contributed by atoms with Gasteiger partial charge in [-0.25, -0.2) is 4.39 Å². The summed E-state index contributed by atoms with van der Waals surface area (Å²) in [5.74, 6) is 0.0210. The summed E-state index contributed by atoms with van der Waals surface area (Å²) in [6.07, 6.45) is 0. The van der Waals surface area contributed by atoms with E-state index in [4.69, 9.17) is 0 Å². The molecular formula is C13H14BrFN4O. The summed E-state index contributed by atoms with van der Waals surface area (Å²) in [7, 11) is 1.75. The van der Waals surface area contributed by atoms with E-state index in [2.05, 4.69) is 31.7 Å². The van der Waals surface area contributed by atoms with Crippen LogP contribution in [0.3, 0.4) is 0 Å². The third-order valence-corrected chi connectivity index (χ3v) is 3.04. The summed E-state index contributed by atoms with van der Waals surface area (Å²) in [5, 5.41) is 9.72. The predicted molar refractivity (Wildman–Crippen MR) is 79.2 cm³/mol. The van der Waals surface area contributed by atoms with E-state index in [9.17, 15) is 9.18 Å². The van der Waals surface area contributed by atoms with Crippen LogP contribution in [0.15, 0.2) is 28.7 Å². The number of anilines is 2. The summed E-state index contributed by atoms with van der Waals surface area (Å²) in [6.45, 7) is 1.89. The molecule has 106 valence electrons. The van der Waals surface area contributed by atoms with Gasteiger partial charge in [0.1, 0.15) is 11.6 Å². The molecule has 0 spiro atoms. The summed E-state index contributed by atoms with van der Waals surface area (Å²) < 4.78 is 15.4. The number of aromatic nitrogens is 2. The van der Waals surface area contributed by atoms with Gasteiger partial charge in [-0.2, -0.15) is 5.10 Å². The third-order valence-electron chi connectivity index (χ3n) is 2.59. The van der Waals surface area contributed by atoms with Crippen molar-refractivity contribution in [2.45, 2.75) is 6.92 Å². The number of benzene rings is 1. The Morgan fingerprint density at radius 2 is 2.15 bits per heavy atom. The molecule has 20 heavy (non-hydrogen) atoms. The number of rotatable bonds is 4. The second kappa shape index (κ2) is 6.04. The first-order valence-electron chi connectivity index (χ1n) is 5.94. The van der Waals surface area contributed by atoms with Crippen molar-refractivity contribution in [1.82, 2.24) is 9.78 Å². The standard InChI is InChI=1S/C13H14BrFN4O/c1-8-3-12(19(2)18-8)17-13(20)7-16-11-5-9(14)4-10(15)6-11/h3-6,16H,7H2,1-2H3,(H,17,20). The Morgan fingerprint density at radius 1 is 1.40 bits per heavy atom. The molecule has 0 aliphatic heterocycles. The SMILES string of the molecule is Cc1cc(NC(=O)CNc2cc(F)cc(Br)c2)n(C)n1. The summed E-state index contributed by atoms with van der Waals surface area (Å²) in [6, 6.07) is 6.15. The minimum Gasteiger partial charge on any atom is -0.376 e. The van der Waals surface area contributed by atoms with Crippen LogP contribution in [0.5, 0.6) is 0 Å². The van der Waals surface area contributed by atoms with E-state index in [1.165, 1.54) is 12.1 Å². The molecular weight excluding hydrogens is 327 g/mol. The number of amides is 1. The Morgan fingerprint density at radius 3 is 2.75 bits per heavy atom. The molecule has 2 aromatic rings.